The van der Waals surface area contributed by atoms with Gasteiger partial charge in [0, 0.05) is 6.92 Å². The molecule has 0 aliphatic heterocycles. The quantitative estimate of drug-likeness (QED) is 0.159. The summed E-state index contributed by atoms with van der Waals surface area (Å²) in [7, 11) is 0. The van der Waals surface area contributed by atoms with E-state index in [1.807, 2.05) is 126 Å². The van der Waals surface area contributed by atoms with E-state index in [-0.39, 0.29) is 29.8 Å². The van der Waals surface area contributed by atoms with Gasteiger partial charge < -0.3 is 4.74 Å². The largest absolute Gasteiger partial charge is 0.425 e. The number of carbonyl (C=O) groups excluding carboxylic acids is 2. The van der Waals surface area contributed by atoms with Crippen molar-refractivity contribution in [3.05, 3.63) is 137 Å². The van der Waals surface area contributed by atoms with Gasteiger partial charge >= 0.3 is 6.09 Å². The number of amides is 2. The lowest BCUT2D eigenvalue weighted by Gasteiger charge is -2.23. The third-order valence-electron chi connectivity index (χ3n) is 6.89. The first-order valence-electron chi connectivity index (χ1n) is 13.9. The van der Waals surface area contributed by atoms with Crippen LogP contribution in [0.3, 0.4) is 0 Å². The van der Waals surface area contributed by atoms with Gasteiger partial charge in [-0.3, -0.25) is 14.3 Å². The highest BCUT2D eigenvalue weighted by molar-refractivity contribution is 9.10. The molecular weight excluding hydrogens is 620 g/mol. The Morgan fingerprint density at radius 1 is 0.727 bits per heavy atom. The van der Waals surface area contributed by atoms with E-state index in [0.29, 0.717) is 28.3 Å². The average Bonchev–Trinajstić information content (AvgIpc) is 3.36. The van der Waals surface area contributed by atoms with E-state index in [9.17, 15) is 9.59 Å². The molecule has 0 spiro atoms. The molecule has 0 atom stereocenters. The second-order valence-electron chi connectivity index (χ2n) is 9.92. The number of para-hydroxylation sites is 2. The highest BCUT2D eigenvalue weighted by atomic mass is 79.9. The Kier molecular flexibility index (Phi) is 8.42. The first kappa shape index (κ1) is 28.8. The molecular formula is C34H27BrN6O3. The Bertz CT molecular complexity index is 1860. The smallest absolute Gasteiger partial charge is 0.388 e. The summed E-state index contributed by atoms with van der Waals surface area (Å²) in [6.07, 6.45) is -0.695. The van der Waals surface area contributed by atoms with Crippen molar-refractivity contribution in [2.75, 3.05) is 9.80 Å². The summed E-state index contributed by atoms with van der Waals surface area (Å²) < 4.78 is 8.36. The topological polar surface area (TPSA) is 93.5 Å². The second-order valence-corrected chi connectivity index (χ2v) is 10.6. The zero-order valence-corrected chi connectivity index (χ0v) is 25.3. The summed E-state index contributed by atoms with van der Waals surface area (Å²) in [6, 6.07) is 37.8. The van der Waals surface area contributed by atoms with Gasteiger partial charge in [0.05, 0.1) is 24.5 Å². The normalized spacial score (nSPS) is 10.9. The van der Waals surface area contributed by atoms with Crippen LogP contribution in [0.4, 0.5) is 22.1 Å². The van der Waals surface area contributed by atoms with Gasteiger partial charge in [0.15, 0.2) is 15.9 Å². The molecule has 0 saturated heterocycles. The van der Waals surface area contributed by atoms with Crippen LogP contribution in [0.5, 0.6) is 5.88 Å². The van der Waals surface area contributed by atoms with E-state index in [4.69, 9.17) is 9.72 Å². The van der Waals surface area contributed by atoms with Crippen LogP contribution in [0.1, 0.15) is 18.1 Å². The van der Waals surface area contributed by atoms with Crippen LogP contribution >= 0.6 is 15.9 Å². The van der Waals surface area contributed by atoms with E-state index < -0.39 is 6.09 Å². The molecule has 218 valence electrons. The SMILES string of the molecule is CC(=O)N(Cc1ccccc1)c1nc(OC(=O)N(c2ccccc2)c2ccccc2)c2nc(Br)n(Cc3ccccc3)c2n1. The molecule has 4 aromatic carbocycles. The molecule has 0 unspecified atom stereocenters. The maximum Gasteiger partial charge on any atom is 0.425 e. The van der Waals surface area contributed by atoms with E-state index >= 15 is 0 Å². The standard InChI is InChI=1S/C34H27BrN6O3/c1-24(42)39(22-25-14-6-2-7-15-25)33-37-30-29(36-32(35)40(30)23-26-16-8-3-9-17-26)31(38-33)44-34(43)41(27-18-10-4-11-19-27)28-20-12-5-13-21-28/h2-21H,22-23H2,1H3. The maximum atomic E-state index is 14.0. The van der Waals surface area contributed by atoms with Crippen molar-refractivity contribution >= 4 is 56.4 Å². The van der Waals surface area contributed by atoms with Gasteiger partial charge in [-0.25, -0.2) is 14.7 Å². The number of imidazole rings is 1. The van der Waals surface area contributed by atoms with Crippen molar-refractivity contribution in [2.45, 2.75) is 20.0 Å². The average molecular weight is 648 g/mol. The fourth-order valence-electron chi connectivity index (χ4n) is 4.77. The molecule has 0 radical (unpaired) electrons. The monoisotopic (exact) mass is 646 g/mol. The number of hydrogen-bond acceptors (Lipinski definition) is 6. The molecule has 44 heavy (non-hydrogen) atoms. The molecule has 6 aromatic rings. The molecule has 0 aliphatic carbocycles. The van der Waals surface area contributed by atoms with Crippen molar-refractivity contribution in [2.24, 2.45) is 0 Å². The Hall–Kier alpha value is -5.35. The van der Waals surface area contributed by atoms with Gasteiger partial charge in [-0.1, -0.05) is 97.1 Å². The number of carbonyl (C=O) groups is 2. The van der Waals surface area contributed by atoms with Crippen molar-refractivity contribution in [3.8, 4) is 5.88 Å². The van der Waals surface area contributed by atoms with Crippen LogP contribution in [-0.4, -0.2) is 31.5 Å². The number of benzene rings is 4. The van der Waals surface area contributed by atoms with E-state index in [1.54, 1.807) is 0 Å². The van der Waals surface area contributed by atoms with Crippen LogP contribution < -0.4 is 14.5 Å². The van der Waals surface area contributed by atoms with Crippen LogP contribution in [0.2, 0.25) is 0 Å². The minimum Gasteiger partial charge on any atom is -0.388 e. The molecule has 9 nitrogen and oxygen atoms in total. The molecule has 0 N–H and O–H groups in total. The molecule has 2 amide bonds. The van der Waals surface area contributed by atoms with E-state index in [1.165, 1.54) is 16.7 Å². The fourth-order valence-corrected chi connectivity index (χ4v) is 5.24. The van der Waals surface area contributed by atoms with Crippen molar-refractivity contribution in [1.29, 1.82) is 0 Å². The van der Waals surface area contributed by atoms with Gasteiger partial charge in [0.1, 0.15) is 0 Å². The van der Waals surface area contributed by atoms with Crippen LogP contribution in [0.15, 0.2) is 126 Å². The first-order chi connectivity index (χ1) is 21.5. The van der Waals surface area contributed by atoms with Crippen LogP contribution in [-0.2, 0) is 17.9 Å². The Balaban J connectivity index is 1.47. The summed E-state index contributed by atoms with van der Waals surface area (Å²) >= 11 is 3.57. The fraction of sp³-hybridized carbons (Fsp3) is 0.0882. The van der Waals surface area contributed by atoms with Crippen molar-refractivity contribution in [3.63, 3.8) is 0 Å². The Labute approximate surface area is 262 Å². The second kappa shape index (κ2) is 12.9. The molecule has 0 fully saturated rings. The molecule has 0 bridgehead atoms. The number of ether oxygens (including phenoxy) is 1. The van der Waals surface area contributed by atoms with Crippen molar-refractivity contribution < 1.29 is 14.3 Å². The lowest BCUT2D eigenvalue weighted by atomic mass is 10.2. The van der Waals surface area contributed by atoms with Gasteiger partial charge in [-0.05, 0) is 51.3 Å². The number of fused-ring (bicyclic) bond motifs is 1. The summed E-state index contributed by atoms with van der Waals surface area (Å²) in [5.74, 6) is -0.253. The third-order valence-corrected chi connectivity index (χ3v) is 7.49. The summed E-state index contributed by atoms with van der Waals surface area (Å²) in [4.78, 5) is 43.9. The van der Waals surface area contributed by atoms with Crippen molar-refractivity contribution in [1.82, 2.24) is 19.5 Å². The summed E-state index contributed by atoms with van der Waals surface area (Å²) in [5, 5.41) is 0. The maximum absolute atomic E-state index is 14.0. The van der Waals surface area contributed by atoms with E-state index in [2.05, 4.69) is 25.9 Å². The highest BCUT2D eigenvalue weighted by Gasteiger charge is 2.27. The molecule has 10 heteroatoms. The lowest BCUT2D eigenvalue weighted by molar-refractivity contribution is -0.116. The number of aromatic nitrogens is 4. The number of hydrogen-bond donors (Lipinski definition) is 0. The highest BCUT2D eigenvalue weighted by Crippen LogP contribution is 2.32. The first-order valence-corrected chi connectivity index (χ1v) is 14.7. The number of nitrogens with zero attached hydrogens (tertiary/aromatic N) is 6. The van der Waals surface area contributed by atoms with Gasteiger partial charge in [0.2, 0.25) is 11.9 Å². The minimum atomic E-state index is -0.695. The van der Waals surface area contributed by atoms with Gasteiger partial charge in [0.25, 0.3) is 5.88 Å². The van der Waals surface area contributed by atoms with E-state index in [0.717, 1.165) is 11.1 Å². The van der Waals surface area contributed by atoms with Crippen LogP contribution in [0, 0.1) is 0 Å². The Morgan fingerprint density at radius 2 is 1.25 bits per heavy atom. The van der Waals surface area contributed by atoms with Gasteiger partial charge in [-0.2, -0.15) is 9.97 Å². The molecule has 2 heterocycles. The zero-order chi connectivity index (χ0) is 30.5. The third kappa shape index (κ3) is 6.20. The Morgan fingerprint density at radius 3 is 1.80 bits per heavy atom. The minimum absolute atomic E-state index is 0.0707. The molecule has 6 rings (SSSR count). The van der Waals surface area contributed by atoms with Gasteiger partial charge in [-0.15, -0.1) is 0 Å². The number of anilines is 3. The number of halogens is 1. The van der Waals surface area contributed by atoms with Crippen LogP contribution in [0.25, 0.3) is 11.2 Å². The molecule has 0 aliphatic rings. The zero-order valence-electron chi connectivity index (χ0n) is 23.7. The predicted octanol–water partition coefficient (Wildman–Crippen LogP) is 7.53. The molecule has 0 saturated carbocycles. The number of rotatable bonds is 8. The summed E-state index contributed by atoms with van der Waals surface area (Å²) in [6.45, 7) is 2.11. The molecule has 2 aromatic heterocycles. The predicted molar refractivity (Wildman–Crippen MR) is 173 cm³/mol. The lowest BCUT2D eigenvalue weighted by Crippen LogP contribution is -2.31. The summed E-state index contributed by atoms with van der Waals surface area (Å²) in [5.41, 5.74) is 3.80.